The molecule has 0 bridgehead atoms. The number of rotatable bonds is 7. The van der Waals surface area contributed by atoms with Crippen molar-refractivity contribution in [1.29, 1.82) is 0 Å². The van der Waals surface area contributed by atoms with Crippen molar-refractivity contribution < 1.29 is 13.2 Å². The molecule has 3 aromatic heterocycles. The molecule has 0 unspecified atom stereocenters. The summed E-state index contributed by atoms with van der Waals surface area (Å²) in [4.78, 5) is 24.6. The number of nitrogens with zero attached hydrogens (tertiary/aromatic N) is 3. The van der Waals surface area contributed by atoms with E-state index in [1.165, 1.54) is 15.1 Å². The third-order valence-electron chi connectivity index (χ3n) is 4.21. The molecule has 0 fully saturated rings. The summed E-state index contributed by atoms with van der Waals surface area (Å²) in [5.74, 6) is -0.503. The molecule has 0 saturated carbocycles. The van der Waals surface area contributed by atoms with Gasteiger partial charge in [-0.2, -0.15) is 0 Å². The van der Waals surface area contributed by atoms with Gasteiger partial charge < -0.3 is 5.32 Å². The normalized spacial score (nSPS) is 11.6. The lowest BCUT2D eigenvalue weighted by Crippen LogP contribution is -2.32. The van der Waals surface area contributed by atoms with Crippen LogP contribution in [-0.4, -0.2) is 35.1 Å². The van der Waals surface area contributed by atoms with Gasteiger partial charge in [0.15, 0.2) is 5.65 Å². The Labute approximate surface area is 175 Å². The Morgan fingerprint density at radius 1 is 1.10 bits per heavy atom. The first kappa shape index (κ1) is 20.0. The van der Waals surface area contributed by atoms with Gasteiger partial charge in [0.05, 0.1) is 13.1 Å². The smallest absolute Gasteiger partial charge is 0.325 e. The lowest BCUT2D eigenvalue weighted by atomic mass is 10.2. The number of pyridine rings is 1. The van der Waals surface area contributed by atoms with Crippen molar-refractivity contribution in [3.63, 3.8) is 0 Å². The predicted molar refractivity (Wildman–Crippen MR) is 113 cm³/mol. The number of benzene rings is 1. The minimum Gasteiger partial charge on any atom is -0.325 e. The third kappa shape index (κ3) is 4.32. The van der Waals surface area contributed by atoms with E-state index in [4.69, 9.17) is 0 Å². The highest BCUT2D eigenvalue weighted by molar-refractivity contribution is 7.91. The maximum Gasteiger partial charge on any atom is 0.350 e. The summed E-state index contributed by atoms with van der Waals surface area (Å²) < 4.78 is 29.4. The Balaban J connectivity index is 1.42. The van der Waals surface area contributed by atoms with Crippen LogP contribution >= 0.6 is 11.3 Å². The molecular weight excluding hydrogens is 426 g/mol. The second-order valence-corrected chi connectivity index (χ2v) is 9.32. The molecule has 11 heteroatoms. The number of hydrogen-bond acceptors (Lipinski definition) is 6. The van der Waals surface area contributed by atoms with Gasteiger partial charge in [-0.3, -0.25) is 9.20 Å². The van der Waals surface area contributed by atoms with E-state index in [9.17, 15) is 18.0 Å². The van der Waals surface area contributed by atoms with Crippen LogP contribution in [0.3, 0.4) is 0 Å². The first-order valence-corrected chi connectivity index (χ1v) is 11.2. The highest BCUT2D eigenvalue weighted by atomic mass is 32.2. The van der Waals surface area contributed by atoms with E-state index in [-0.39, 0.29) is 16.4 Å². The van der Waals surface area contributed by atoms with Crippen molar-refractivity contribution in [3.8, 4) is 0 Å². The van der Waals surface area contributed by atoms with Gasteiger partial charge in [0.1, 0.15) is 4.21 Å². The van der Waals surface area contributed by atoms with Crippen LogP contribution < -0.4 is 15.7 Å². The van der Waals surface area contributed by atoms with Crippen molar-refractivity contribution in [2.24, 2.45) is 0 Å². The van der Waals surface area contributed by atoms with E-state index in [1.807, 2.05) is 6.07 Å². The summed E-state index contributed by atoms with van der Waals surface area (Å²) >= 11 is 1.07. The number of aromatic nitrogens is 3. The number of carbonyl (C=O) groups excluding carboxylic acids is 1. The summed E-state index contributed by atoms with van der Waals surface area (Å²) in [5.41, 5.74) is 1.54. The van der Waals surface area contributed by atoms with Crippen LogP contribution in [0.1, 0.15) is 5.56 Å². The molecule has 4 aromatic rings. The second-order valence-electron chi connectivity index (χ2n) is 6.37. The van der Waals surface area contributed by atoms with Crippen LogP contribution in [0.15, 0.2) is 75.2 Å². The quantitative estimate of drug-likeness (QED) is 0.450. The van der Waals surface area contributed by atoms with Gasteiger partial charge in [-0.15, -0.1) is 16.4 Å². The first-order chi connectivity index (χ1) is 14.4. The SMILES string of the molecule is O=C(CNS(=O)(=O)c1cccs1)Nc1cccc(Cn2nc3ccccn3c2=O)c1. The molecule has 0 aliphatic rings. The number of carbonyl (C=O) groups is 1. The molecule has 0 spiro atoms. The van der Waals surface area contributed by atoms with Gasteiger partial charge in [0.25, 0.3) is 10.0 Å². The van der Waals surface area contributed by atoms with Gasteiger partial charge in [-0.1, -0.05) is 24.3 Å². The van der Waals surface area contributed by atoms with E-state index in [0.29, 0.717) is 11.3 Å². The van der Waals surface area contributed by atoms with Crippen molar-refractivity contribution >= 4 is 38.6 Å². The van der Waals surface area contributed by atoms with Crippen LogP contribution in [0.4, 0.5) is 5.69 Å². The largest absolute Gasteiger partial charge is 0.350 e. The van der Waals surface area contributed by atoms with Crippen LogP contribution in [0.5, 0.6) is 0 Å². The molecule has 3 heterocycles. The van der Waals surface area contributed by atoms with E-state index in [1.54, 1.807) is 54.0 Å². The summed E-state index contributed by atoms with van der Waals surface area (Å²) in [6.07, 6.45) is 1.65. The minimum atomic E-state index is -3.71. The first-order valence-electron chi connectivity index (χ1n) is 8.88. The molecule has 1 aromatic carbocycles. The zero-order chi connectivity index (χ0) is 21.1. The number of nitrogens with one attached hydrogen (secondary N) is 2. The topological polar surface area (TPSA) is 115 Å². The highest BCUT2D eigenvalue weighted by Gasteiger charge is 2.16. The monoisotopic (exact) mass is 443 g/mol. The third-order valence-corrected chi connectivity index (χ3v) is 7.01. The lowest BCUT2D eigenvalue weighted by Gasteiger charge is -2.08. The van der Waals surface area contributed by atoms with Crippen molar-refractivity contribution in [3.05, 3.63) is 82.2 Å². The number of thiophene rings is 1. The molecule has 2 N–H and O–H groups in total. The van der Waals surface area contributed by atoms with E-state index in [0.717, 1.165) is 16.9 Å². The molecule has 1 amide bonds. The Kier molecular flexibility index (Phi) is 5.48. The number of fused-ring (bicyclic) bond motifs is 1. The molecule has 0 saturated heterocycles. The van der Waals surface area contributed by atoms with E-state index >= 15 is 0 Å². The van der Waals surface area contributed by atoms with Gasteiger partial charge >= 0.3 is 5.69 Å². The zero-order valence-electron chi connectivity index (χ0n) is 15.6. The molecule has 0 atom stereocenters. The van der Waals surface area contributed by atoms with Crippen LogP contribution in [0.2, 0.25) is 0 Å². The molecule has 0 radical (unpaired) electrons. The number of sulfonamides is 1. The van der Waals surface area contributed by atoms with Crippen LogP contribution in [0, 0.1) is 0 Å². The molecule has 30 heavy (non-hydrogen) atoms. The minimum absolute atomic E-state index is 0.148. The fourth-order valence-electron chi connectivity index (χ4n) is 2.84. The Morgan fingerprint density at radius 2 is 1.97 bits per heavy atom. The molecular formula is C19H17N5O4S2. The fraction of sp³-hybridized carbons (Fsp3) is 0.105. The van der Waals surface area contributed by atoms with Gasteiger partial charge in [0, 0.05) is 11.9 Å². The van der Waals surface area contributed by atoms with Gasteiger partial charge in [0.2, 0.25) is 5.91 Å². The van der Waals surface area contributed by atoms with Crippen LogP contribution in [-0.2, 0) is 21.4 Å². The standard InChI is InChI=1S/C19H17N5O4S2/c25-17(12-20-30(27,28)18-8-4-10-29-18)21-15-6-3-5-14(11-15)13-24-19(26)23-9-2-1-7-16(23)22-24/h1-11,20H,12-13H2,(H,21,25). The van der Waals surface area contributed by atoms with E-state index in [2.05, 4.69) is 15.1 Å². The van der Waals surface area contributed by atoms with Crippen molar-refractivity contribution in [2.75, 3.05) is 11.9 Å². The van der Waals surface area contributed by atoms with Crippen molar-refractivity contribution in [1.82, 2.24) is 18.9 Å². The maximum atomic E-state index is 12.4. The predicted octanol–water partition coefficient (Wildman–Crippen LogP) is 1.52. The average molecular weight is 444 g/mol. The second kappa shape index (κ2) is 8.22. The Hall–Kier alpha value is -3.28. The Bertz CT molecular complexity index is 1360. The summed E-state index contributed by atoms with van der Waals surface area (Å²) in [7, 11) is -3.71. The van der Waals surface area contributed by atoms with Gasteiger partial charge in [-0.05, 0) is 41.3 Å². The number of anilines is 1. The maximum absolute atomic E-state index is 12.4. The number of amides is 1. The lowest BCUT2D eigenvalue weighted by molar-refractivity contribution is -0.115. The van der Waals surface area contributed by atoms with E-state index < -0.39 is 22.5 Å². The molecule has 0 aliphatic heterocycles. The average Bonchev–Trinajstić information content (AvgIpc) is 3.37. The Morgan fingerprint density at radius 3 is 2.73 bits per heavy atom. The summed E-state index contributed by atoms with van der Waals surface area (Å²) in [5, 5.41) is 8.58. The van der Waals surface area contributed by atoms with Crippen molar-refractivity contribution in [2.45, 2.75) is 10.8 Å². The molecule has 154 valence electrons. The number of hydrogen-bond donors (Lipinski definition) is 2. The summed E-state index contributed by atoms with van der Waals surface area (Å²) in [6.45, 7) is -0.161. The molecule has 9 nitrogen and oxygen atoms in total. The molecule has 0 aliphatic carbocycles. The van der Waals surface area contributed by atoms with Gasteiger partial charge in [-0.25, -0.2) is 22.6 Å². The highest BCUT2D eigenvalue weighted by Crippen LogP contribution is 2.15. The zero-order valence-corrected chi connectivity index (χ0v) is 17.2. The summed E-state index contributed by atoms with van der Waals surface area (Å²) in [6, 6.07) is 15.3. The molecule has 4 rings (SSSR count). The fourth-order valence-corrected chi connectivity index (χ4v) is 4.86. The van der Waals surface area contributed by atoms with Crippen LogP contribution in [0.25, 0.3) is 5.65 Å².